The molecule has 2 rings (SSSR count). The van der Waals surface area contributed by atoms with Crippen LogP contribution in [0.25, 0.3) is 11.0 Å². The molecule has 0 aliphatic rings. The van der Waals surface area contributed by atoms with Crippen molar-refractivity contribution in [1.29, 1.82) is 0 Å². The van der Waals surface area contributed by atoms with Crippen LogP contribution >= 0.6 is 0 Å². The summed E-state index contributed by atoms with van der Waals surface area (Å²) in [5, 5.41) is 5.55. The highest BCUT2D eigenvalue weighted by molar-refractivity contribution is 5.92. The van der Waals surface area contributed by atoms with Gasteiger partial charge in [0.05, 0.1) is 11.0 Å². The van der Waals surface area contributed by atoms with Gasteiger partial charge in [-0.15, -0.1) is 0 Å². The quantitative estimate of drug-likeness (QED) is 0.744. The largest absolute Gasteiger partial charge is 0.342 e. The SMILES string of the molecule is Cc1nc2ccc(NC(=O)NC(C)C)cc2[nH]1. The summed E-state index contributed by atoms with van der Waals surface area (Å²) >= 11 is 0. The lowest BCUT2D eigenvalue weighted by Gasteiger charge is -2.09. The Morgan fingerprint density at radius 3 is 2.88 bits per heavy atom. The maximum Gasteiger partial charge on any atom is 0.319 e. The van der Waals surface area contributed by atoms with Crippen LogP contribution in [0.1, 0.15) is 19.7 Å². The molecule has 1 aromatic heterocycles. The molecule has 3 N–H and O–H groups in total. The molecule has 0 saturated carbocycles. The molecule has 0 saturated heterocycles. The minimum atomic E-state index is -0.199. The molecule has 90 valence electrons. The van der Waals surface area contributed by atoms with Gasteiger partial charge in [0, 0.05) is 11.7 Å². The first-order chi connectivity index (χ1) is 8.04. The predicted molar refractivity (Wildman–Crippen MR) is 68.1 cm³/mol. The first kappa shape index (κ1) is 11.4. The second-order valence-electron chi connectivity index (χ2n) is 4.31. The monoisotopic (exact) mass is 232 g/mol. The number of fused-ring (bicyclic) bond motifs is 1. The van der Waals surface area contributed by atoms with Crippen LogP contribution in [0.5, 0.6) is 0 Å². The molecule has 0 unspecified atom stereocenters. The van der Waals surface area contributed by atoms with Crippen molar-refractivity contribution in [3.8, 4) is 0 Å². The third-order valence-electron chi connectivity index (χ3n) is 2.28. The van der Waals surface area contributed by atoms with E-state index in [-0.39, 0.29) is 12.1 Å². The van der Waals surface area contributed by atoms with Crippen molar-refractivity contribution in [3.63, 3.8) is 0 Å². The molecule has 0 radical (unpaired) electrons. The van der Waals surface area contributed by atoms with E-state index in [1.54, 1.807) is 0 Å². The molecule has 1 aromatic carbocycles. The highest BCUT2D eigenvalue weighted by atomic mass is 16.2. The zero-order valence-electron chi connectivity index (χ0n) is 10.2. The first-order valence-corrected chi connectivity index (χ1v) is 5.58. The Kier molecular flexibility index (Phi) is 2.99. The molecule has 1 heterocycles. The number of anilines is 1. The van der Waals surface area contributed by atoms with Gasteiger partial charge in [0.25, 0.3) is 0 Å². The summed E-state index contributed by atoms with van der Waals surface area (Å²) in [5.41, 5.74) is 2.57. The van der Waals surface area contributed by atoms with Gasteiger partial charge in [-0.25, -0.2) is 9.78 Å². The van der Waals surface area contributed by atoms with E-state index in [1.807, 2.05) is 39.0 Å². The number of aromatic amines is 1. The number of carbonyl (C=O) groups excluding carboxylic acids is 1. The van der Waals surface area contributed by atoms with Gasteiger partial charge in [-0.2, -0.15) is 0 Å². The summed E-state index contributed by atoms with van der Waals surface area (Å²) in [5.74, 6) is 0.865. The standard InChI is InChI=1S/C12H16N4O/c1-7(2)13-12(17)16-9-4-5-10-11(6-9)15-8(3)14-10/h4-7H,1-3H3,(H,14,15)(H2,13,16,17). The second-order valence-corrected chi connectivity index (χ2v) is 4.31. The van der Waals surface area contributed by atoms with Gasteiger partial charge in [-0.05, 0) is 39.0 Å². The molecular formula is C12H16N4O. The summed E-state index contributed by atoms with van der Waals surface area (Å²) in [6, 6.07) is 5.51. The van der Waals surface area contributed by atoms with Crippen molar-refractivity contribution in [1.82, 2.24) is 15.3 Å². The maximum atomic E-state index is 11.5. The number of aryl methyl sites for hydroxylation is 1. The number of benzene rings is 1. The number of carbonyl (C=O) groups is 1. The molecule has 17 heavy (non-hydrogen) atoms. The van der Waals surface area contributed by atoms with Crippen molar-refractivity contribution in [2.24, 2.45) is 0 Å². The number of nitrogens with one attached hydrogen (secondary N) is 3. The van der Waals surface area contributed by atoms with Crippen LogP contribution in [0, 0.1) is 6.92 Å². The van der Waals surface area contributed by atoms with E-state index in [0.717, 1.165) is 22.5 Å². The fourth-order valence-electron chi connectivity index (χ4n) is 1.64. The first-order valence-electron chi connectivity index (χ1n) is 5.58. The minimum Gasteiger partial charge on any atom is -0.342 e. The van der Waals surface area contributed by atoms with Crippen LogP contribution in [0.3, 0.4) is 0 Å². The van der Waals surface area contributed by atoms with E-state index in [0.29, 0.717) is 0 Å². The number of nitrogens with zero attached hydrogens (tertiary/aromatic N) is 1. The van der Waals surface area contributed by atoms with Crippen LogP contribution in [0.4, 0.5) is 10.5 Å². The third-order valence-corrected chi connectivity index (χ3v) is 2.28. The molecule has 0 spiro atoms. The van der Waals surface area contributed by atoms with Crippen LogP contribution in [-0.4, -0.2) is 22.0 Å². The summed E-state index contributed by atoms with van der Waals surface area (Å²) in [4.78, 5) is 18.9. The van der Waals surface area contributed by atoms with Gasteiger partial charge in [0.15, 0.2) is 0 Å². The Morgan fingerprint density at radius 1 is 1.41 bits per heavy atom. The average Bonchev–Trinajstić information content (AvgIpc) is 2.55. The molecule has 2 amide bonds. The highest BCUT2D eigenvalue weighted by Crippen LogP contribution is 2.16. The fraction of sp³-hybridized carbons (Fsp3) is 0.333. The van der Waals surface area contributed by atoms with E-state index in [2.05, 4.69) is 20.6 Å². The average molecular weight is 232 g/mol. The summed E-state index contributed by atoms with van der Waals surface area (Å²) < 4.78 is 0. The van der Waals surface area contributed by atoms with Crippen LogP contribution in [0.15, 0.2) is 18.2 Å². The van der Waals surface area contributed by atoms with Crippen LogP contribution < -0.4 is 10.6 Å². The molecule has 5 nitrogen and oxygen atoms in total. The molecule has 0 bridgehead atoms. The number of rotatable bonds is 2. The van der Waals surface area contributed by atoms with Gasteiger partial charge in [-0.1, -0.05) is 0 Å². The van der Waals surface area contributed by atoms with E-state index >= 15 is 0 Å². The van der Waals surface area contributed by atoms with Crippen molar-refractivity contribution in [2.45, 2.75) is 26.8 Å². The van der Waals surface area contributed by atoms with E-state index < -0.39 is 0 Å². The Bertz CT molecular complexity index is 544. The zero-order valence-corrected chi connectivity index (χ0v) is 10.2. The number of urea groups is 1. The molecule has 0 aliphatic carbocycles. The Hall–Kier alpha value is -2.04. The van der Waals surface area contributed by atoms with Crippen molar-refractivity contribution in [2.75, 3.05) is 5.32 Å². The van der Waals surface area contributed by atoms with E-state index in [9.17, 15) is 4.79 Å². The molecule has 0 fully saturated rings. The molecule has 5 heteroatoms. The minimum absolute atomic E-state index is 0.119. The van der Waals surface area contributed by atoms with Gasteiger partial charge < -0.3 is 15.6 Å². The second kappa shape index (κ2) is 4.45. The van der Waals surface area contributed by atoms with Gasteiger partial charge in [0.1, 0.15) is 5.82 Å². The topological polar surface area (TPSA) is 69.8 Å². The van der Waals surface area contributed by atoms with Gasteiger partial charge in [0.2, 0.25) is 0 Å². The van der Waals surface area contributed by atoms with Gasteiger partial charge >= 0.3 is 6.03 Å². The molecular weight excluding hydrogens is 216 g/mol. The lowest BCUT2D eigenvalue weighted by molar-refractivity contribution is 0.250. The summed E-state index contributed by atoms with van der Waals surface area (Å²) in [7, 11) is 0. The number of amides is 2. The Balaban J connectivity index is 2.16. The fourth-order valence-corrected chi connectivity index (χ4v) is 1.64. The predicted octanol–water partition coefficient (Wildman–Crippen LogP) is 2.40. The highest BCUT2D eigenvalue weighted by Gasteiger charge is 2.05. The summed E-state index contributed by atoms with van der Waals surface area (Å²) in [6.07, 6.45) is 0. The number of hydrogen-bond donors (Lipinski definition) is 3. The normalized spacial score (nSPS) is 10.8. The van der Waals surface area contributed by atoms with Crippen molar-refractivity contribution < 1.29 is 4.79 Å². The molecule has 0 atom stereocenters. The third kappa shape index (κ3) is 2.75. The smallest absolute Gasteiger partial charge is 0.319 e. The van der Waals surface area contributed by atoms with E-state index in [4.69, 9.17) is 0 Å². The number of imidazole rings is 1. The lowest BCUT2D eigenvalue weighted by Crippen LogP contribution is -2.34. The van der Waals surface area contributed by atoms with Crippen LogP contribution in [0.2, 0.25) is 0 Å². The van der Waals surface area contributed by atoms with Crippen molar-refractivity contribution in [3.05, 3.63) is 24.0 Å². The lowest BCUT2D eigenvalue weighted by atomic mass is 10.3. The maximum absolute atomic E-state index is 11.5. The van der Waals surface area contributed by atoms with Gasteiger partial charge in [-0.3, -0.25) is 0 Å². The number of H-pyrrole nitrogens is 1. The Labute approximate surface area is 99.6 Å². The molecule has 0 aliphatic heterocycles. The number of aromatic nitrogens is 2. The molecule has 2 aromatic rings. The zero-order chi connectivity index (χ0) is 12.4. The Morgan fingerprint density at radius 2 is 2.18 bits per heavy atom. The van der Waals surface area contributed by atoms with Crippen molar-refractivity contribution >= 4 is 22.8 Å². The number of hydrogen-bond acceptors (Lipinski definition) is 2. The van der Waals surface area contributed by atoms with E-state index in [1.165, 1.54) is 0 Å². The summed E-state index contributed by atoms with van der Waals surface area (Å²) in [6.45, 7) is 5.74. The van der Waals surface area contributed by atoms with Crippen LogP contribution in [-0.2, 0) is 0 Å².